The van der Waals surface area contributed by atoms with Gasteiger partial charge in [-0.05, 0) is 17.9 Å². The van der Waals surface area contributed by atoms with Gasteiger partial charge in [-0.2, -0.15) is 4.98 Å². The van der Waals surface area contributed by atoms with Crippen LogP contribution < -0.4 is 4.74 Å². The summed E-state index contributed by atoms with van der Waals surface area (Å²) in [5.74, 6) is 1.45. The van der Waals surface area contributed by atoms with E-state index in [9.17, 15) is 4.79 Å². The normalized spacial score (nSPS) is 11.9. The van der Waals surface area contributed by atoms with Crippen LogP contribution in [0.4, 0.5) is 0 Å². The summed E-state index contributed by atoms with van der Waals surface area (Å²) >= 11 is 0. The Morgan fingerprint density at radius 1 is 1.03 bits per heavy atom. The number of carbonyl (C=O) groups is 1. The van der Waals surface area contributed by atoms with Crippen molar-refractivity contribution in [2.75, 3.05) is 7.05 Å². The van der Waals surface area contributed by atoms with Crippen LogP contribution >= 0.6 is 0 Å². The molecular formula is C24H23N3O3. The predicted octanol–water partition coefficient (Wildman–Crippen LogP) is 4.71. The molecule has 0 saturated carbocycles. The summed E-state index contributed by atoms with van der Waals surface area (Å²) in [5.41, 5.74) is 0.868. The summed E-state index contributed by atoms with van der Waals surface area (Å²) in [6, 6.07) is 23.4. The maximum absolute atomic E-state index is 13.0. The second-order valence-electron chi connectivity index (χ2n) is 7.06. The second-order valence-corrected chi connectivity index (χ2v) is 7.06. The molecule has 30 heavy (non-hydrogen) atoms. The molecular weight excluding hydrogens is 378 g/mol. The number of hydrogen-bond acceptors (Lipinski definition) is 5. The predicted molar refractivity (Wildman–Crippen MR) is 115 cm³/mol. The molecule has 0 saturated heterocycles. The zero-order valence-corrected chi connectivity index (χ0v) is 17.0. The average molecular weight is 401 g/mol. The number of nitrogens with zero attached hydrogens (tertiary/aromatic N) is 3. The Morgan fingerprint density at radius 3 is 2.57 bits per heavy atom. The minimum atomic E-state index is -0.600. The summed E-state index contributed by atoms with van der Waals surface area (Å²) in [4.78, 5) is 19.0. The van der Waals surface area contributed by atoms with E-state index < -0.39 is 6.10 Å². The molecule has 6 heteroatoms. The lowest BCUT2D eigenvalue weighted by atomic mass is 10.1. The molecule has 0 fully saturated rings. The molecule has 3 aromatic carbocycles. The summed E-state index contributed by atoms with van der Waals surface area (Å²) < 4.78 is 11.4. The number of amides is 1. The molecule has 0 bridgehead atoms. The number of ether oxygens (including phenoxy) is 1. The van der Waals surface area contributed by atoms with E-state index in [1.54, 1.807) is 11.9 Å². The van der Waals surface area contributed by atoms with Crippen LogP contribution in [0.5, 0.6) is 5.75 Å². The maximum atomic E-state index is 13.0. The van der Waals surface area contributed by atoms with Crippen molar-refractivity contribution in [2.45, 2.75) is 26.0 Å². The third-order valence-electron chi connectivity index (χ3n) is 4.91. The molecule has 4 rings (SSSR count). The van der Waals surface area contributed by atoms with Crippen molar-refractivity contribution < 1.29 is 14.1 Å². The molecule has 0 spiro atoms. The fraction of sp³-hybridized carbons (Fsp3) is 0.208. The molecule has 1 heterocycles. The van der Waals surface area contributed by atoms with Crippen molar-refractivity contribution in [3.8, 4) is 17.1 Å². The molecule has 0 aliphatic carbocycles. The summed E-state index contributed by atoms with van der Waals surface area (Å²) in [6.07, 6.45) is -0.0526. The van der Waals surface area contributed by atoms with E-state index >= 15 is 0 Å². The average Bonchev–Trinajstić information content (AvgIpc) is 3.26. The van der Waals surface area contributed by atoms with Gasteiger partial charge in [-0.15, -0.1) is 0 Å². The molecule has 1 amide bonds. The number of rotatable bonds is 7. The highest BCUT2D eigenvalue weighted by Gasteiger charge is 2.24. The Labute approximate surface area is 175 Å². The molecule has 0 unspecified atom stereocenters. The Morgan fingerprint density at radius 2 is 1.77 bits per heavy atom. The minimum absolute atomic E-state index is 0.134. The first-order valence-corrected chi connectivity index (χ1v) is 9.93. The van der Waals surface area contributed by atoms with Gasteiger partial charge in [-0.3, -0.25) is 4.79 Å². The SMILES string of the molecule is CC[C@H](Oc1cccc2ccccc12)C(=O)N(C)Cc1nc(-c2ccccc2)no1. The van der Waals surface area contributed by atoms with Gasteiger partial charge in [0.25, 0.3) is 5.91 Å². The molecule has 0 radical (unpaired) electrons. The number of benzene rings is 3. The lowest BCUT2D eigenvalue weighted by molar-refractivity contribution is -0.138. The Balaban J connectivity index is 1.46. The molecule has 152 valence electrons. The Hall–Kier alpha value is -3.67. The molecule has 1 atom stereocenters. The van der Waals surface area contributed by atoms with Gasteiger partial charge in [-0.25, -0.2) is 0 Å². The second kappa shape index (κ2) is 8.78. The molecule has 6 nitrogen and oxygen atoms in total. The first kappa shape index (κ1) is 19.6. The van der Waals surface area contributed by atoms with E-state index in [0.29, 0.717) is 23.9 Å². The lowest BCUT2D eigenvalue weighted by Gasteiger charge is -2.23. The highest BCUT2D eigenvalue weighted by atomic mass is 16.5. The van der Waals surface area contributed by atoms with Gasteiger partial charge < -0.3 is 14.2 Å². The Bertz CT molecular complexity index is 1140. The fourth-order valence-corrected chi connectivity index (χ4v) is 3.31. The van der Waals surface area contributed by atoms with E-state index in [-0.39, 0.29) is 12.5 Å². The first-order chi connectivity index (χ1) is 14.7. The summed E-state index contributed by atoms with van der Waals surface area (Å²) in [5, 5.41) is 6.07. The van der Waals surface area contributed by atoms with Crippen LogP contribution in [-0.4, -0.2) is 34.1 Å². The lowest BCUT2D eigenvalue weighted by Crippen LogP contribution is -2.39. The highest BCUT2D eigenvalue weighted by Crippen LogP contribution is 2.27. The quantitative estimate of drug-likeness (QED) is 0.449. The van der Waals surface area contributed by atoms with E-state index in [0.717, 1.165) is 16.3 Å². The van der Waals surface area contributed by atoms with Crippen LogP contribution in [0.2, 0.25) is 0 Å². The van der Waals surface area contributed by atoms with Crippen molar-refractivity contribution in [1.29, 1.82) is 0 Å². The zero-order valence-electron chi connectivity index (χ0n) is 17.0. The van der Waals surface area contributed by atoms with Gasteiger partial charge in [0.15, 0.2) is 6.10 Å². The van der Waals surface area contributed by atoms with Crippen LogP contribution in [0.25, 0.3) is 22.2 Å². The van der Waals surface area contributed by atoms with Crippen molar-refractivity contribution in [2.24, 2.45) is 0 Å². The monoisotopic (exact) mass is 401 g/mol. The number of aromatic nitrogens is 2. The Kier molecular flexibility index (Phi) is 5.75. The maximum Gasteiger partial charge on any atom is 0.263 e. The number of fused-ring (bicyclic) bond motifs is 1. The van der Waals surface area contributed by atoms with Gasteiger partial charge in [0.05, 0.1) is 6.54 Å². The van der Waals surface area contributed by atoms with Gasteiger partial charge in [0.2, 0.25) is 11.7 Å². The van der Waals surface area contributed by atoms with Crippen LogP contribution in [0.1, 0.15) is 19.2 Å². The van der Waals surface area contributed by atoms with Crippen molar-refractivity contribution >= 4 is 16.7 Å². The van der Waals surface area contributed by atoms with Crippen LogP contribution in [0.3, 0.4) is 0 Å². The topological polar surface area (TPSA) is 68.5 Å². The smallest absolute Gasteiger partial charge is 0.263 e. The molecule has 4 aromatic rings. The zero-order chi connectivity index (χ0) is 20.9. The van der Waals surface area contributed by atoms with Crippen molar-refractivity contribution in [3.05, 3.63) is 78.7 Å². The van der Waals surface area contributed by atoms with E-state index in [4.69, 9.17) is 9.26 Å². The number of likely N-dealkylation sites (N-methyl/N-ethyl adjacent to an activating group) is 1. The van der Waals surface area contributed by atoms with Crippen LogP contribution in [0.15, 0.2) is 77.3 Å². The minimum Gasteiger partial charge on any atom is -0.480 e. The molecule has 0 aliphatic heterocycles. The van der Waals surface area contributed by atoms with Crippen molar-refractivity contribution in [1.82, 2.24) is 15.0 Å². The van der Waals surface area contributed by atoms with Gasteiger partial charge in [0.1, 0.15) is 5.75 Å². The van der Waals surface area contributed by atoms with Crippen LogP contribution in [-0.2, 0) is 11.3 Å². The first-order valence-electron chi connectivity index (χ1n) is 9.93. The van der Waals surface area contributed by atoms with E-state index in [1.165, 1.54) is 0 Å². The molecule has 0 N–H and O–H groups in total. The van der Waals surface area contributed by atoms with Gasteiger partial charge in [-0.1, -0.05) is 78.8 Å². The third-order valence-corrected chi connectivity index (χ3v) is 4.91. The highest BCUT2D eigenvalue weighted by molar-refractivity contribution is 5.89. The summed E-state index contributed by atoms with van der Waals surface area (Å²) in [6.45, 7) is 2.15. The largest absolute Gasteiger partial charge is 0.480 e. The van der Waals surface area contributed by atoms with Gasteiger partial charge >= 0.3 is 0 Å². The van der Waals surface area contributed by atoms with E-state index in [2.05, 4.69) is 10.1 Å². The standard InChI is InChI=1S/C24H23N3O3/c1-3-20(29-21-15-9-13-17-10-7-8-14-19(17)21)24(28)27(2)16-22-25-23(26-30-22)18-11-5-4-6-12-18/h4-15,20H,3,16H2,1-2H3/t20-/m0/s1. The van der Waals surface area contributed by atoms with E-state index in [1.807, 2.05) is 79.7 Å². The van der Waals surface area contributed by atoms with Crippen LogP contribution in [0, 0.1) is 0 Å². The number of carbonyl (C=O) groups excluding carboxylic acids is 1. The van der Waals surface area contributed by atoms with Crippen molar-refractivity contribution in [3.63, 3.8) is 0 Å². The molecule has 0 aliphatic rings. The summed E-state index contributed by atoms with van der Waals surface area (Å²) in [7, 11) is 1.71. The number of hydrogen-bond donors (Lipinski definition) is 0. The fourth-order valence-electron chi connectivity index (χ4n) is 3.31. The molecule has 1 aromatic heterocycles. The third kappa shape index (κ3) is 4.17. The van der Waals surface area contributed by atoms with Gasteiger partial charge in [0, 0.05) is 18.0 Å².